The third-order valence-corrected chi connectivity index (χ3v) is 2.69. The molecule has 0 radical (unpaired) electrons. The van der Waals surface area contributed by atoms with Crippen molar-refractivity contribution in [3.8, 4) is 5.75 Å². The minimum Gasteiger partial charge on any atom is -0.492 e. The topological polar surface area (TPSA) is 35.2 Å². The van der Waals surface area contributed by atoms with Crippen molar-refractivity contribution >= 4 is 0 Å². The lowest BCUT2D eigenvalue weighted by Crippen LogP contribution is -2.29. The van der Waals surface area contributed by atoms with Crippen molar-refractivity contribution in [3.63, 3.8) is 0 Å². The Hall–Kier alpha value is -1.02. The summed E-state index contributed by atoms with van der Waals surface area (Å²) in [6.45, 7) is 2.72. The summed E-state index contributed by atoms with van der Waals surface area (Å²) < 4.78 is 5.60. The summed E-state index contributed by atoms with van der Waals surface area (Å²) in [6.07, 6.45) is 2.55. The number of rotatable bonds is 4. The van der Waals surface area contributed by atoms with Crippen molar-refractivity contribution in [2.75, 3.05) is 6.61 Å². The average Bonchev–Trinajstić information content (AvgIpc) is 3.00. The first-order valence-electron chi connectivity index (χ1n) is 5.21. The van der Waals surface area contributed by atoms with Gasteiger partial charge in [0.2, 0.25) is 0 Å². The number of hydrogen-bond donors (Lipinski definition) is 1. The SMILES string of the molecule is Cc1ccc(OCC(N)C2CC2)cc1. The van der Waals surface area contributed by atoms with Gasteiger partial charge < -0.3 is 10.5 Å². The van der Waals surface area contributed by atoms with Crippen molar-refractivity contribution < 1.29 is 4.74 Å². The molecule has 0 bridgehead atoms. The normalized spacial score (nSPS) is 17.9. The van der Waals surface area contributed by atoms with Crippen LogP contribution in [0.25, 0.3) is 0 Å². The van der Waals surface area contributed by atoms with Crippen LogP contribution in [0.5, 0.6) is 5.75 Å². The first-order chi connectivity index (χ1) is 6.75. The Bertz CT molecular complexity index is 290. The monoisotopic (exact) mass is 191 g/mol. The highest BCUT2D eigenvalue weighted by Gasteiger charge is 2.28. The average molecular weight is 191 g/mol. The summed E-state index contributed by atoms with van der Waals surface area (Å²) in [5.41, 5.74) is 7.19. The zero-order valence-corrected chi connectivity index (χ0v) is 8.57. The molecule has 1 aromatic rings. The second-order valence-corrected chi connectivity index (χ2v) is 4.13. The van der Waals surface area contributed by atoms with Crippen molar-refractivity contribution in [1.82, 2.24) is 0 Å². The Labute approximate surface area is 85.1 Å². The lowest BCUT2D eigenvalue weighted by atomic mass is 10.2. The highest BCUT2D eigenvalue weighted by Crippen LogP contribution is 2.31. The lowest BCUT2D eigenvalue weighted by molar-refractivity contribution is 0.276. The van der Waals surface area contributed by atoms with E-state index in [9.17, 15) is 0 Å². The van der Waals surface area contributed by atoms with E-state index in [4.69, 9.17) is 10.5 Å². The molecule has 14 heavy (non-hydrogen) atoms. The van der Waals surface area contributed by atoms with Crippen LogP contribution in [0, 0.1) is 12.8 Å². The first-order valence-corrected chi connectivity index (χ1v) is 5.21. The van der Waals surface area contributed by atoms with Crippen molar-refractivity contribution in [2.45, 2.75) is 25.8 Å². The molecule has 0 aliphatic heterocycles. The predicted molar refractivity (Wildman–Crippen MR) is 57.4 cm³/mol. The predicted octanol–water partition coefficient (Wildman–Crippen LogP) is 2.11. The smallest absolute Gasteiger partial charge is 0.119 e. The summed E-state index contributed by atoms with van der Waals surface area (Å²) in [5.74, 6) is 1.63. The van der Waals surface area contributed by atoms with Gasteiger partial charge in [0.1, 0.15) is 12.4 Å². The second-order valence-electron chi connectivity index (χ2n) is 4.13. The van der Waals surface area contributed by atoms with E-state index in [0.717, 1.165) is 5.75 Å². The third-order valence-electron chi connectivity index (χ3n) is 2.69. The molecule has 2 rings (SSSR count). The molecule has 0 heterocycles. The van der Waals surface area contributed by atoms with Crippen LogP contribution >= 0.6 is 0 Å². The molecular weight excluding hydrogens is 174 g/mol. The maximum absolute atomic E-state index is 5.93. The fourth-order valence-electron chi connectivity index (χ4n) is 1.49. The Balaban J connectivity index is 1.82. The molecule has 1 atom stereocenters. The van der Waals surface area contributed by atoms with Gasteiger partial charge in [-0.05, 0) is 37.8 Å². The summed E-state index contributed by atoms with van der Waals surface area (Å²) in [6, 6.07) is 8.32. The zero-order chi connectivity index (χ0) is 9.97. The van der Waals surface area contributed by atoms with Crippen molar-refractivity contribution in [1.29, 1.82) is 0 Å². The highest BCUT2D eigenvalue weighted by atomic mass is 16.5. The largest absolute Gasteiger partial charge is 0.492 e. The minimum atomic E-state index is 0.219. The third kappa shape index (κ3) is 2.48. The first kappa shape index (κ1) is 9.53. The van der Waals surface area contributed by atoms with E-state index < -0.39 is 0 Å². The summed E-state index contributed by atoms with van der Waals surface area (Å²) in [7, 11) is 0. The van der Waals surface area contributed by atoms with Crippen LogP contribution < -0.4 is 10.5 Å². The van der Waals surface area contributed by atoms with Crippen LogP contribution in [-0.2, 0) is 0 Å². The van der Waals surface area contributed by atoms with E-state index in [1.165, 1.54) is 18.4 Å². The molecule has 1 unspecified atom stereocenters. The quantitative estimate of drug-likeness (QED) is 0.791. The minimum absolute atomic E-state index is 0.219. The molecule has 1 aromatic carbocycles. The molecular formula is C12H17NO. The van der Waals surface area contributed by atoms with E-state index in [1.807, 2.05) is 12.1 Å². The molecule has 1 aliphatic carbocycles. The van der Waals surface area contributed by atoms with Gasteiger partial charge in [-0.25, -0.2) is 0 Å². The molecule has 2 N–H and O–H groups in total. The van der Waals surface area contributed by atoms with Gasteiger partial charge in [-0.15, -0.1) is 0 Å². The Morgan fingerprint density at radius 2 is 2.00 bits per heavy atom. The number of benzene rings is 1. The standard InChI is InChI=1S/C12H17NO/c1-9-2-6-11(7-3-9)14-8-12(13)10-4-5-10/h2-3,6-7,10,12H,4-5,8,13H2,1H3. The molecule has 1 saturated carbocycles. The Kier molecular flexibility index (Phi) is 2.73. The lowest BCUT2D eigenvalue weighted by Gasteiger charge is -2.12. The summed E-state index contributed by atoms with van der Waals surface area (Å²) in [5, 5.41) is 0. The van der Waals surface area contributed by atoms with Crippen LogP contribution in [0.1, 0.15) is 18.4 Å². The fraction of sp³-hybridized carbons (Fsp3) is 0.500. The van der Waals surface area contributed by atoms with Crippen molar-refractivity contribution in [3.05, 3.63) is 29.8 Å². The molecule has 1 fully saturated rings. The number of nitrogens with two attached hydrogens (primary N) is 1. The second kappa shape index (κ2) is 4.01. The number of aryl methyl sites for hydroxylation is 1. The highest BCUT2D eigenvalue weighted by molar-refractivity contribution is 5.26. The van der Waals surface area contributed by atoms with Gasteiger partial charge in [0, 0.05) is 6.04 Å². The molecule has 2 heteroatoms. The number of hydrogen-bond acceptors (Lipinski definition) is 2. The van der Waals surface area contributed by atoms with E-state index in [-0.39, 0.29) is 6.04 Å². The summed E-state index contributed by atoms with van der Waals surface area (Å²) in [4.78, 5) is 0. The molecule has 0 saturated heterocycles. The van der Waals surface area contributed by atoms with Crippen molar-refractivity contribution in [2.24, 2.45) is 11.7 Å². The van der Waals surface area contributed by atoms with E-state index in [1.54, 1.807) is 0 Å². The van der Waals surface area contributed by atoms with Gasteiger partial charge in [0.25, 0.3) is 0 Å². The molecule has 0 aromatic heterocycles. The van der Waals surface area contributed by atoms with E-state index in [0.29, 0.717) is 12.5 Å². The maximum atomic E-state index is 5.93. The van der Waals surface area contributed by atoms with Gasteiger partial charge >= 0.3 is 0 Å². The van der Waals surface area contributed by atoms with Crippen LogP contribution in [0.4, 0.5) is 0 Å². The van der Waals surface area contributed by atoms with Gasteiger partial charge in [0.05, 0.1) is 0 Å². The van der Waals surface area contributed by atoms with E-state index >= 15 is 0 Å². The van der Waals surface area contributed by atoms with Gasteiger partial charge in [-0.3, -0.25) is 0 Å². The zero-order valence-electron chi connectivity index (χ0n) is 8.57. The molecule has 1 aliphatic rings. The van der Waals surface area contributed by atoms with Gasteiger partial charge in [0.15, 0.2) is 0 Å². The molecule has 2 nitrogen and oxygen atoms in total. The van der Waals surface area contributed by atoms with Crippen LogP contribution in [0.3, 0.4) is 0 Å². The molecule has 0 amide bonds. The Morgan fingerprint density at radius 3 is 2.57 bits per heavy atom. The van der Waals surface area contributed by atoms with Crippen LogP contribution in [0.2, 0.25) is 0 Å². The molecule has 76 valence electrons. The molecule has 0 spiro atoms. The summed E-state index contributed by atoms with van der Waals surface area (Å²) >= 11 is 0. The van der Waals surface area contributed by atoms with E-state index in [2.05, 4.69) is 19.1 Å². The van der Waals surface area contributed by atoms with Gasteiger partial charge in [-0.1, -0.05) is 17.7 Å². The van der Waals surface area contributed by atoms with Crippen LogP contribution in [0.15, 0.2) is 24.3 Å². The Morgan fingerprint density at radius 1 is 1.36 bits per heavy atom. The maximum Gasteiger partial charge on any atom is 0.119 e. The van der Waals surface area contributed by atoms with Gasteiger partial charge in [-0.2, -0.15) is 0 Å². The van der Waals surface area contributed by atoms with Crippen LogP contribution in [-0.4, -0.2) is 12.6 Å². The number of ether oxygens (including phenoxy) is 1. The fourth-order valence-corrected chi connectivity index (χ4v) is 1.49.